The highest BCUT2D eigenvalue weighted by molar-refractivity contribution is 9.10. The number of nitrogens with one attached hydrogen (secondary N) is 1. The Labute approximate surface area is 131 Å². The summed E-state index contributed by atoms with van der Waals surface area (Å²) in [5.41, 5.74) is 2.91. The highest BCUT2D eigenvalue weighted by Gasteiger charge is 2.30. The van der Waals surface area contributed by atoms with Crippen molar-refractivity contribution < 1.29 is 0 Å². The lowest BCUT2D eigenvalue weighted by Crippen LogP contribution is -2.29. The minimum Gasteiger partial charge on any atom is -0.368 e. The summed E-state index contributed by atoms with van der Waals surface area (Å²) in [6, 6.07) is 8.36. The molecular formula is C17H25BrN2. The van der Waals surface area contributed by atoms with E-state index in [2.05, 4.69) is 51.3 Å². The molecule has 2 fully saturated rings. The number of halogens is 1. The van der Waals surface area contributed by atoms with Crippen LogP contribution in [-0.4, -0.2) is 18.6 Å². The molecule has 1 N–H and O–H groups in total. The Balaban J connectivity index is 1.77. The van der Waals surface area contributed by atoms with Crippen molar-refractivity contribution in [3.8, 4) is 0 Å². The average Bonchev–Trinajstić information content (AvgIpc) is 3.32. The Kier molecular flexibility index (Phi) is 4.67. The van der Waals surface area contributed by atoms with Gasteiger partial charge in [-0.1, -0.05) is 29.3 Å². The lowest BCUT2D eigenvalue weighted by atomic mass is 10.1. The van der Waals surface area contributed by atoms with Gasteiger partial charge in [-0.3, -0.25) is 0 Å². The zero-order valence-corrected chi connectivity index (χ0v) is 14.0. The molecular weight excluding hydrogens is 312 g/mol. The summed E-state index contributed by atoms with van der Waals surface area (Å²) in [7, 11) is 0. The average molecular weight is 337 g/mol. The molecule has 1 aromatic rings. The fourth-order valence-electron chi connectivity index (χ4n) is 2.73. The Morgan fingerprint density at radius 3 is 2.70 bits per heavy atom. The predicted molar refractivity (Wildman–Crippen MR) is 89.3 cm³/mol. The SMILES string of the molecule is CCCCN(c1ccc(Br)cc1CNC1CC1)C1CC1. The van der Waals surface area contributed by atoms with Gasteiger partial charge >= 0.3 is 0 Å². The van der Waals surface area contributed by atoms with E-state index >= 15 is 0 Å². The van der Waals surface area contributed by atoms with Crippen molar-refractivity contribution in [3.63, 3.8) is 0 Å². The van der Waals surface area contributed by atoms with E-state index in [4.69, 9.17) is 0 Å². The quantitative estimate of drug-likeness (QED) is 0.753. The monoisotopic (exact) mass is 336 g/mol. The van der Waals surface area contributed by atoms with E-state index in [0.29, 0.717) is 0 Å². The van der Waals surface area contributed by atoms with E-state index < -0.39 is 0 Å². The summed E-state index contributed by atoms with van der Waals surface area (Å²) < 4.78 is 1.19. The predicted octanol–water partition coefficient (Wildman–Crippen LogP) is 4.47. The maximum atomic E-state index is 3.66. The van der Waals surface area contributed by atoms with Gasteiger partial charge in [0.15, 0.2) is 0 Å². The molecule has 0 aromatic heterocycles. The van der Waals surface area contributed by atoms with E-state index in [-0.39, 0.29) is 0 Å². The molecule has 2 aliphatic carbocycles. The molecule has 0 spiro atoms. The zero-order chi connectivity index (χ0) is 13.9. The first-order valence-electron chi connectivity index (χ1n) is 8.06. The molecule has 0 aliphatic heterocycles. The van der Waals surface area contributed by atoms with Crippen molar-refractivity contribution in [2.75, 3.05) is 11.4 Å². The number of rotatable bonds is 8. The molecule has 2 nitrogen and oxygen atoms in total. The largest absolute Gasteiger partial charge is 0.368 e. The van der Waals surface area contributed by atoms with Crippen LogP contribution in [0.3, 0.4) is 0 Å². The summed E-state index contributed by atoms with van der Waals surface area (Å²) in [4.78, 5) is 2.65. The van der Waals surface area contributed by atoms with Crippen LogP contribution in [0.25, 0.3) is 0 Å². The van der Waals surface area contributed by atoms with Crippen molar-refractivity contribution in [2.24, 2.45) is 0 Å². The van der Waals surface area contributed by atoms with Crippen molar-refractivity contribution in [3.05, 3.63) is 28.2 Å². The van der Waals surface area contributed by atoms with E-state index in [1.807, 2.05) is 0 Å². The van der Waals surface area contributed by atoms with Crippen molar-refractivity contribution in [1.82, 2.24) is 5.32 Å². The van der Waals surface area contributed by atoms with Crippen LogP contribution in [0.2, 0.25) is 0 Å². The van der Waals surface area contributed by atoms with Crippen LogP contribution in [-0.2, 0) is 6.54 Å². The van der Waals surface area contributed by atoms with Gasteiger partial charge in [-0.05, 0) is 55.9 Å². The first-order chi connectivity index (χ1) is 9.78. The first kappa shape index (κ1) is 14.4. The number of unbranched alkanes of at least 4 members (excludes halogenated alkanes) is 1. The molecule has 2 saturated carbocycles. The standard InChI is InChI=1S/C17H25BrN2/c1-2-3-10-20(16-7-8-16)17-9-4-14(18)11-13(17)12-19-15-5-6-15/h4,9,11,15-16,19H,2-3,5-8,10,12H2,1H3. The van der Waals surface area contributed by atoms with Gasteiger partial charge in [0.1, 0.15) is 0 Å². The van der Waals surface area contributed by atoms with Crippen LogP contribution in [0, 0.1) is 0 Å². The lowest BCUT2D eigenvalue weighted by molar-refractivity contribution is 0.673. The molecule has 0 bridgehead atoms. The molecule has 0 unspecified atom stereocenters. The summed E-state index contributed by atoms with van der Waals surface area (Å²) >= 11 is 3.63. The number of hydrogen-bond donors (Lipinski definition) is 1. The summed E-state index contributed by atoms with van der Waals surface area (Å²) in [5, 5.41) is 3.66. The molecule has 1 aromatic carbocycles. The highest BCUT2D eigenvalue weighted by Crippen LogP contribution is 2.35. The third-order valence-electron chi connectivity index (χ3n) is 4.25. The molecule has 3 rings (SSSR count). The molecule has 0 heterocycles. The maximum absolute atomic E-state index is 3.66. The van der Waals surface area contributed by atoms with Crippen molar-refractivity contribution in [1.29, 1.82) is 0 Å². The molecule has 0 amide bonds. The van der Waals surface area contributed by atoms with Crippen molar-refractivity contribution in [2.45, 2.75) is 64.1 Å². The van der Waals surface area contributed by atoms with Gasteiger partial charge in [-0.25, -0.2) is 0 Å². The Morgan fingerprint density at radius 2 is 2.05 bits per heavy atom. The Morgan fingerprint density at radius 1 is 1.25 bits per heavy atom. The van der Waals surface area contributed by atoms with Crippen LogP contribution in [0.4, 0.5) is 5.69 Å². The third kappa shape index (κ3) is 3.76. The third-order valence-corrected chi connectivity index (χ3v) is 4.74. The molecule has 3 heteroatoms. The van der Waals surface area contributed by atoms with Crippen LogP contribution >= 0.6 is 15.9 Å². The number of hydrogen-bond acceptors (Lipinski definition) is 2. The van der Waals surface area contributed by atoms with Crippen LogP contribution in [0.1, 0.15) is 51.0 Å². The van der Waals surface area contributed by atoms with Gasteiger partial charge in [-0.15, -0.1) is 0 Å². The van der Waals surface area contributed by atoms with E-state index in [1.54, 1.807) is 0 Å². The van der Waals surface area contributed by atoms with Gasteiger partial charge < -0.3 is 10.2 Å². The second-order valence-electron chi connectivity index (χ2n) is 6.21. The molecule has 110 valence electrons. The first-order valence-corrected chi connectivity index (χ1v) is 8.85. The number of benzene rings is 1. The molecule has 0 radical (unpaired) electrons. The minimum atomic E-state index is 0.770. The van der Waals surface area contributed by atoms with Gasteiger partial charge in [0.25, 0.3) is 0 Å². The van der Waals surface area contributed by atoms with E-state index in [1.165, 1.54) is 60.8 Å². The zero-order valence-electron chi connectivity index (χ0n) is 12.4. The van der Waals surface area contributed by atoms with Gasteiger partial charge in [0.05, 0.1) is 0 Å². The Bertz CT molecular complexity index is 452. The van der Waals surface area contributed by atoms with Crippen LogP contribution < -0.4 is 10.2 Å². The topological polar surface area (TPSA) is 15.3 Å². The normalized spacial score (nSPS) is 18.3. The van der Waals surface area contributed by atoms with Gasteiger partial charge in [0, 0.05) is 35.3 Å². The van der Waals surface area contributed by atoms with Crippen molar-refractivity contribution >= 4 is 21.6 Å². The minimum absolute atomic E-state index is 0.770. The fourth-order valence-corrected chi connectivity index (χ4v) is 3.14. The smallest absolute Gasteiger partial charge is 0.0415 e. The number of nitrogens with zero attached hydrogens (tertiary/aromatic N) is 1. The second kappa shape index (κ2) is 6.48. The summed E-state index contributed by atoms with van der Waals surface area (Å²) in [6.45, 7) is 4.50. The lowest BCUT2D eigenvalue weighted by Gasteiger charge is -2.27. The molecule has 20 heavy (non-hydrogen) atoms. The molecule has 0 saturated heterocycles. The second-order valence-corrected chi connectivity index (χ2v) is 7.12. The van der Waals surface area contributed by atoms with E-state index in [9.17, 15) is 0 Å². The Hall–Kier alpha value is -0.540. The van der Waals surface area contributed by atoms with Gasteiger partial charge in [-0.2, -0.15) is 0 Å². The van der Waals surface area contributed by atoms with Crippen LogP contribution in [0.5, 0.6) is 0 Å². The van der Waals surface area contributed by atoms with Crippen LogP contribution in [0.15, 0.2) is 22.7 Å². The maximum Gasteiger partial charge on any atom is 0.0415 e. The van der Waals surface area contributed by atoms with Gasteiger partial charge in [0.2, 0.25) is 0 Å². The highest BCUT2D eigenvalue weighted by atomic mass is 79.9. The van der Waals surface area contributed by atoms with E-state index in [0.717, 1.165) is 18.6 Å². The molecule has 2 aliphatic rings. The summed E-state index contributed by atoms with van der Waals surface area (Å²) in [6.07, 6.45) is 8.01. The fraction of sp³-hybridized carbons (Fsp3) is 0.647. The number of anilines is 1. The molecule has 0 atom stereocenters. The summed E-state index contributed by atoms with van der Waals surface area (Å²) in [5.74, 6) is 0.